The lowest BCUT2D eigenvalue weighted by Gasteiger charge is -2.45. The quantitative estimate of drug-likeness (QED) is 0.0625. The number of alkyl halides is 3. The van der Waals surface area contributed by atoms with Crippen LogP contribution >= 0.6 is 0 Å². The van der Waals surface area contributed by atoms with Crippen LogP contribution in [-0.4, -0.2) is 205 Å². The van der Waals surface area contributed by atoms with Gasteiger partial charge in [0, 0.05) is 83.8 Å². The monoisotopic (exact) mass is 1450 g/mol. The molecule has 6 amide bonds. The highest BCUT2D eigenvalue weighted by molar-refractivity contribution is 6.05. The Morgan fingerprint density at radius 2 is 0.811 bits per heavy atom. The molecule has 1 spiro atoms. The van der Waals surface area contributed by atoms with Crippen molar-refractivity contribution in [2.45, 2.75) is 75.2 Å². The van der Waals surface area contributed by atoms with E-state index < -0.39 is 53.8 Å². The number of carbonyl (C=O) groups is 6. The van der Waals surface area contributed by atoms with Gasteiger partial charge in [0.1, 0.15) is 78.8 Å². The molecule has 6 N–H and O–H groups in total. The van der Waals surface area contributed by atoms with E-state index in [2.05, 4.69) is 72.5 Å². The van der Waals surface area contributed by atoms with Crippen LogP contribution < -0.4 is 59.6 Å². The SMILES string of the molecule is CN1C(=O)[C@@H](NC(=O)c2n[nH]c(Cc3ccccc3)n2)COc2ccc(N3CC(F)(F)C3)cc21.CN1C(=O)[C@@H](NC(=O)c2n[nH]c(Cc3ccccc3)n2)COc2ccc(N3CC(F)C3)cc21.CN1C(=O)[C@@H](NC(=O)c2n[nH]c(Cc3ccccc3)n2)COc2ccc(N3CCC4(CCOCC4)CC3)cc21. The number of ether oxygens (including phenoxy) is 4. The second-order valence-electron chi connectivity index (χ2n) is 27.3. The number of likely N-dealkylation sites (N-methyl/N-ethyl adjacent to an activating group) is 3. The van der Waals surface area contributed by atoms with Crippen molar-refractivity contribution in [3.8, 4) is 17.2 Å². The number of halogens is 3. The molecule has 31 heteroatoms. The van der Waals surface area contributed by atoms with Gasteiger partial charge < -0.3 is 64.3 Å². The van der Waals surface area contributed by atoms with Gasteiger partial charge in [0.25, 0.3) is 41.4 Å². The Morgan fingerprint density at radius 1 is 0.472 bits per heavy atom. The van der Waals surface area contributed by atoms with E-state index in [1.54, 1.807) is 56.4 Å². The number of amides is 6. The molecule has 0 unspecified atom stereocenters. The van der Waals surface area contributed by atoms with Crippen molar-refractivity contribution in [3.05, 3.63) is 197 Å². The van der Waals surface area contributed by atoms with Crippen LogP contribution in [0.4, 0.5) is 47.3 Å². The van der Waals surface area contributed by atoms with Crippen LogP contribution in [0.25, 0.3) is 0 Å². The zero-order chi connectivity index (χ0) is 73.6. The molecule has 0 radical (unpaired) electrons. The van der Waals surface area contributed by atoms with Gasteiger partial charge in [0.05, 0.1) is 43.2 Å². The first-order chi connectivity index (χ1) is 51.3. The summed E-state index contributed by atoms with van der Waals surface area (Å²) in [7, 11) is 4.89. The number of rotatable bonds is 15. The van der Waals surface area contributed by atoms with E-state index in [9.17, 15) is 41.9 Å². The van der Waals surface area contributed by atoms with Gasteiger partial charge in [-0.25, -0.2) is 28.1 Å². The average Bonchev–Trinajstić information content (AvgIpc) is 1.28. The second kappa shape index (κ2) is 30.8. The molecule has 3 atom stereocenters. The maximum Gasteiger partial charge on any atom is 0.291 e. The highest BCUT2D eigenvalue weighted by atomic mass is 19.3. The molecular formula is C75H79F3N18O10. The zero-order valence-corrected chi connectivity index (χ0v) is 58.5. The minimum absolute atomic E-state index is 0.00664. The van der Waals surface area contributed by atoms with Gasteiger partial charge in [-0.1, -0.05) is 91.0 Å². The molecule has 4 fully saturated rings. The lowest BCUT2D eigenvalue weighted by Crippen LogP contribution is -2.56. The summed E-state index contributed by atoms with van der Waals surface area (Å²) in [5, 5.41) is 28.4. The fourth-order valence-electron chi connectivity index (χ4n) is 13.7. The Morgan fingerprint density at radius 3 is 1.15 bits per heavy atom. The molecule has 0 aliphatic carbocycles. The van der Waals surface area contributed by atoms with Gasteiger partial charge >= 0.3 is 0 Å². The van der Waals surface area contributed by atoms with E-state index in [0.29, 0.717) is 95.2 Å². The first-order valence-corrected chi connectivity index (χ1v) is 35.0. The van der Waals surface area contributed by atoms with Crippen molar-refractivity contribution in [2.75, 3.05) is 123 Å². The molecule has 106 heavy (non-hydrogen) atoms. The summed E-state index contributed by atoms with van der Waals surface area (Å²) in [5.74, 6) is -2.31. The molecule has 9 aromatic rings. The van der Waals surface area contributed by atoms with Crippen LogP contribution in [0, 0.1) is 5.41 Å². The van der Waals surface area contributed by atoms with E-state index in [-0.39, 0.29) is 62.2 Å². The molecule has 0 saturated carbocycles. The summed E-state index contributed by atoms with van der Waals surface area (Å²) < 4.78 is 62.9. The zero-order valence-electron chi connectivity index (χ0n) is 58.5. The molecule has 6 aromatic carbocycles. The van der Waals surface area contributed by atoms with Gasteiger partial charge in [0.2, 0.25) is 17.5 Å². The third-order valence-electron chi connectivity index (χ3n) is 19.9. The second-order valence-corrected chi connectivity index (χ2v) is 27.3. The fraction of sp³-hybridized carbons (Fsp3) is 0.360. The maximum absolute atomic E-state index is 13.4. The number of H-pyrrole nitrogens is 3. The van der Waals surface area contributed by atoms with Crippen LogP contribution in [0.5, 0.6) is 17.2 Å². The molecular weight excluding hydrogens is 1370 g/mol. The molecule has 0 bridgehead atoms. The van der Waals surface area contributed by atoms with Crippen molar-refractivity contribution < 1.29 is 60.9 Å². The largest absolute Gasteiger partial charge is 0.489 e. The summed E-state index contributed by atoms with van der Waals surface area (Å²) >= 11 is 0. The summed E-state index contributed by atoms with van der Waals surface area (Å²) in [5.41, 5.74) is 7.69. The standard InChI is InChI=1S/C29H34N6O4.C23H22F2N6O3.C23H23FN6O3/c1-34-23-18-21(35-13-9-29(10-14-35)11-15-38-16-12-29)7-8-24(23)39-19-22(28(34)37)30-27(36)26-31-25(32-33-26)17-20-5-3-2-4-6-20;1-30-17-10-15(31-12-23(24,25)13-31)7-8-18(17)34-11-16(22(30)33)26-21(32)20-27-19(28-29-20)9-14-5-3-2-4-6-14;1-29-18-10-16(30-11-15(24)12-30)7-8-19(18)33-13-17(23(29)32)25-22(31)21-26-20(27-28-21)9-14-5-3-2-4-6-14/h2-8,18,22H,9-17,19H2,1H3,(H,30,36)(H,31,32,33);2-8,10,16H,9,11-13H2,1H3,(H,26,32)(H,27,28,29);2-8,10,15,17H,9,11-13H2,1H3,(H,25,31)(H,26,27,28)/t22-;16-;17-/m000/s1. The number of nitrogens with one attached hydrogen (secondary N) is 6. The summed E-state index contributed by atoms with van der Waals surface area (Å²) in [6.45, 7) is 3.53. The van der Waals surface area contributed by atoms with E-state index in [1.807, 2.05) is 114 Å². The number of benzene rings is 6. The van der Waals surface area contributed by atoms with Crippen molar-refractivity contribution in [1.82, 2.24) is 61.5 Å². The van der Waals surface area contributed by atoms with Gasteiger partial charge in [0.15, 0.2) is 0 Å². The minimum Gasteiger partial charge on any atom is -0.489 e. The molecule has 7 aliphatic heterocycles. The van der Waals surface area contributed by atoms with Gasteiger partial charge in [-0.2, -0.15) is 0 Å². The number of hydrogen-bond acceptors (Lipinski definition) is 19. The number of nitrogens with zero attached hydrogens (tertiary/aromatic N) is 12. The minimum atomic E-state index is -2.71. The van der Waals surface area contributed by atoms with Gasteiger partial charge in [-0.15, -0.1) is 15.3 Å². The van der Waals surface area contributed by atoms with Crippen LogP contribution in [0.2, 0.25) is 0 Å². The Kier molecular flexibility index (Phi) is 20.7. The summed E-state index contributed by atoms with van der Waals surface area (Å²) in [6.07, 6.45) is 5.28. The van der Waals surface area contributed by atoms with Crippen molar-refractivity contribution in [2.24, 2.45) is 5.41 Å². The van der Waals surface area contributed by atoms with Crippen molar-refractivity contribution in [1.29, 1.82) is 0 Å². The smallest absolute Gasteiger partial charge is 0.291 e. The summed E-state index contributed by atoms with van der Waals surface area (Å²) in [4.78, 5) is 101. The van der Waals surface area contributed by atoms with Gasteiger partial charge in [-0.3, -0.25) is 44.1 Å². The number of carbonyl (C=O) groups excluding carboxylic acids is 6. The number of hydrogen-bond donors (Lipinski definition) is 6. The number of aromatic amines is 3. The topological polar surface area (TPSA) is 320 Å². The summed E-state index contributed by atoms with van der Waals surface area (Å²) in [6, 6.07) is 42.7. The highest BCUT2D eigenvalue weighted by Crippen LogP contribution is 2.44. The van der Waals surface area contributed by atoms with Crippen LogP contribution in [0.15, 0.2) is 146 Å². The van der Waals surface area contributed by atoms with E-state index in [4.69, 9.17) is 18.9 Å². The Hall–Kier alpha value is -11.9. The number of fused-ring (bicyclic) bond motifs is 3. The molecule has 16 rings (SSSR count). The molecule has 3 aromatic heterocycles. The predicted octanol–water partition coefficient (Wildman–Crippen LogP) is 6.66. The third-order valence-corrected chi connectivity index (χ3v) is 19.9. The third kappa shape index (κ3) is 16.2. The van der Waals surface area contributed by atoms with Gasteiger partial charge in [-0.05, 0) is 102 Å². The van der Waals surface area contributed by atoms with Crippen LogP contribution in [-0.2, 0) is 38.4 Å². The molecule has 7 aliphatic rings. The molecule has 4 saturated heterocycles. The Labute approximate surface area is 607 Å². The van der Waals surface area contributed by atoms with Crippen molar-refractivity contribution in [3.63, 3.8) is 0 Å². The average molecular weight is 1450 g/mol. The Bertz CT molecular complexity index is 4650. The van der Waals surface area contributed by atoms with E-state index in [0.717, 1.165) is 80.1 Å². The number of anilines is 6. The first-order valence-electron chi connectivity index (χ1n) is 35.0. The maximum atomic E-state index is 13.4. The normalized spacial score (nSPS) is 19.4. The highest BCUT2D eigenvalue weighted by Gasteiger charge is 2.45. The molecule has 550 valence electrons. The number of aromatic nitrogens is 9. The fourth-order valence-corrected chi connectivity index (χ4v) is 13.7. The first kappa shape index (κ1) is 71.1. The van der Waals surface area contributed by atoms with E-state index in [1.165, 1.54) is 14.7 Å². The lowest BCUT2D eigenvalue weighted by molar-refractivity contribution is -0.121. The van der Waals surface area contributed by atoms with E-state index >= 15 is 0 Å². The molecule has 28 nitrogen and oxygen atoms in total. The van der Waals surface area contributed by atoms with Crippen molar-refractivity contribution >= 4 is 69.6 Å². The van der Waals surface area contributed by atoms with Crippen LogP contribution in [0.1, 0.15) is 91.7 Å². The predicted molar refractivity (Wildman–Crippen MR) is 385 cm³/mol. The van der Waals surface area contributed by atoms with Crippen LogP contribution in [0.3, 0.4) is 0 Å². The molecule has 10 heterocycles. The Balaban J connectivity index is 0.000000134. The number of piperidine rings is 1. The lowest BCUT2D eigenvalue weighted by atomic mass is 9.72.